The van der Waals surface area contributed by atoms with Crippen LogP contribution in [0.3, 0.4) is 0 Å². The van der Waals surface area contributed by atoms with Gasteiger partial charge < -0.3 is 15.3 Å². The number of hydrogen-bond acceptors (Lipinski definition) is 3. The van der Waals surface area contributed by atoms with E-state index in [2.05, 4.69) is 17.1 Å². The topological polar surface area (TPSA) is 69.6 Å². The SMILES string of the molecule is CCN1CCC(CNC(=O)C(C)C(=O)O)C1. The molecule has 0 aromatic heterocycles. The minimum atomic E-state index is -1.07. The first-order valence-corrected chi connectivity index (χ1v) is 5.77. The zero-order valence-corrected chi connectivity index (χ0v) is 9.90. The van der Waals surface area contributed by atoms with Gasteiger partial charge in [-0.15, -0.1) is 0 Å². The summed E-state index contributed by atoms with van der Waals surface area (Å²) in [7, 11) is 0. The number of hydrogen-bond donors (Lipinski definition) is 2. The van der Waals surface area contributed by atoms with Crippen molar-refractivity contribution in [1.82, 2.24) is 10.2 Å². The van der Waals surface area contributed by atoms with Gasteiger partial charge in [0.15, 0.2) is 0 Å². The number of nitrogens with one attached hydrogen (secondary N) is 1. The van der Waals surface area contributed by atoms with Gasteiger partial charge in [0.25, 0.3) is 0 Å². The van der Waals surface area contributed by atoms with Crippen molar-refractivity contribution in [3.05, 3.63) is 0 Å². The maximum Gasteiger partial charge on any atom is 0.315 e. The first-order chi connectivity index (χ1) is 7.54. The number of aliphatic carboxylic acids is 1. The Morgan fingerprint density at radius 2 is 2.25 bits per heavy atom. The van der Waals surface area contributed by atoms with E-state index in [4.69, 9.17) is 5.11 Å². The molecule has 5 nitrogen and oxygen atoms in total. The molecule has 0 radical (unpaired) electrons. The lowest BCUT2D eigenvalue weighted by molar-refractivity contribution is -0.146. The summed E-state index contributed by atoms with van der Waals surface area (Å²) < 4.78 is 0. The van der Waals surface area contributed by atoms with Crippen LogP contribution in [0.5, 0.6) is 0 Å². The Labute approximate surface area is 95.8 Å². The monoisotopic (exact) mass is 228 g/mol. The van der Waals surface area contributed by atoms with E-state index in [0.717, 1.165) is 26.1 Å². The fourth-order valence-corrected chi connectivity index (χ4v) is 1.88. The molecular weight excluding hydrogens is 208 g/mol. The van der Waals surface area contributed by atoms with Crippen LogP contribution in [0.2, 0.25) is 0 Å². The van der Waals surface area contributed by atoms with Crippen LogP contribution in [0.1, 0.15) is 20.3 Å². The Hall–Kier alpha value is -1.10. The zero-order valence-electron chi connectivity index (χ0n) is 9.90. The molecule has 0 saturated carbocycles. The third-order valence-corrected chi connectivity index (χ3v) is 3.15. The van der Waals surface area contributed by atoms with E-state index in [1.807, 2.05) is 0 Å². The largest absolute Gasteiger partial charge is 0.481 e. The molecule has 1 fully saturated rings. The van der Waals surface area contributed by atoms with Gasteiger partial charge in [-0.1, -0.05) is 6.92 Å². The molecule has 92 valence electrons. The highest BCUT2D eigenvalue weighted by Crippen LogP contribution is 2.14. The quantitative estimate of drug-likeness (QED) is 0.658. The predicted octanol–water partition coefficient (Wildman–Crippen LogP) is 0.165. The fraction of sp³-hybridized carbons (Fsp3) is 0.818. The summed E-state index contributed by atoms with van der Waals surface area (Å²) in [6, 6.07) is 0. The van der Waals surface area contributed by atoms with Gasteiger partial charge in [0.05, 0.1) is 0 Å². The first kappa shape index (κ1) is 13.0. The number of amides is 1. The number of carboxylic acids is 1. The molecule has 0 aromatic carbocycles. The summed E-state index contributed by atoms with van der Waals surface area (Å²) in [5.74, 6) is -1.95. The number of carboxylic acid groups (broad SMARTS) is 1. The van der Waals surface area contributed by atoms with Gasteiger partial charge in [-0.3, -0.25) is 9.59 Å². The second-order valence-corrected chi connectivity index (χ2v) is 4.35. The number of rotatable bonds is 5. The van der Waals surface area contributed by atoms with Crippen LogP contribution < -0.4 is 5.32 Å². The van der Waals surface area contributed by atoms with E-state index in [0.29, 0.717) is 12.5 Å². The molecule has 1 heterocycles. The molecule has 16 heavy (non-hydrogen) atoms. The molecule has 5 heteroatoms. The Kier molecular flexibility index (Phi) is 4.73. The molecular formula is C11H20N2O3. The van der Waals surface area contributed by atoms with Crippen LogP contribution in [0.15, 0.2) is 0 Å². The second kappa shape index (κ2) is 5.84. The van der Waals surface area contributed by atoms with Crippen LogP contribution >= 0.6 is 0 Å². The van der Waals surface area contributed by atoms with Crippen molar-refractivity contribution in [2.24, 2.45) is 11.8 Å². The lowest BCUT2D eigenvalue weighted by Crippen LogP contribution is -2.37. The van der Waals surface area contributed by atoms with E-state index in [9.17, 15) is 9.59 Å². The van der Waals surface area contributed by atoms with E-state index < -0.39 is 11.9 Å². The maximum absolute atomic E-state index is 11.4. The highest BCUT2D eigenvalue weighted by atomic mass is 16.4. The molecule has 0 aromatic rings. The molecule has 2 atom stereocenters. The van der Waals surface area contributed by atoms with Gasteiger partial charge >= 0.3 is 5.97 Å². The van der Waals surface area contributed by atoms with E-state index >= 15 is 0 Å². The lowest BCUT2D eigenvalue weighted by Gasteiger charge is -2.14. The van der Waals surface area contributed by atoms with Gasteiger partial charge in [0, 0.05) is 13.1 Å². The minimum Gasteiger partial charge on any atom is -0.481 e. The van der Waals surface area contributed by atoms with Crippen molar-refractivity contribution in [3.8, 4) is 0 Å². The van der Waals surface area contributed by atoms with Crippen molar-refractivity contribution in [3.63, 3.8) is 0 Å². The summed E-state index contributed by atoms with van der Waals surface area (Å²) >= 11 is 0. The van der Waals surface area contributed by atoms with Crippen LogP contribution in [-0.2, 0) is 9.59 Å². The molecule has 0 aliphatic carbocycles. The second-order valence-electron chi connectivity index (χ2n) is 4.35. The van der Waals surface area contributed by atoms with Crippen LogP contribution in [-0.4, -0.2) is 48.1 Å². The first-order valence-electron chi connectivity index (χ1n) is 5.77. The molecule has 2 unspecified atom stereocenters. The average molecular weight is 228 g/mol. The van der Waals surface area contributed by atoms with Crippen molar-refractivity contribution in [2.45, 2.75) is 20.3 Å². The summed E-state index contributed by atoms with van der Waals surface area (Å²) in [5.41, 5.74) is 0. The Bertz CT molecular complexity index is 268. The molecule has 1 aliphatic rings. The highest BCUT2D eigenvalue weighted by molar-refractivity contribution is 5.96. The number of carbonyl (C=O) groups is 2. The summed E-state index contributed by atoms with van der Waals surface area (Å²) in [6.45, 7) is 7.23. The molecule has 1 saturated heterocycles. The van der Waals surface area contributed by atoms with E-state index in [1.54, 1.807) is 0 Å². The van der Waals surface area contributed by atoms with Gasteiger partial charge in [0.1, 0.15) is 5.92 Å². The molecule has 0 bridgehead atoms. The molecule has 2 N–H and O–H groups in total. The fourth-order valence-electron chi connectivity index (χ4n) is 1.88. The molecule has 1 amide bonds. The van der Waals surface area contributed by atoms with Gasteiger partial charge in [-0.2, -0.15) is 0 Å². The van der Waals surface area contributed by atoms with Crippen molar-refractivity contribution in [2.75, 3.05) is 26.2 Å². The van der Waals surface area contributed by atoms with E-state index in [-0.39, 0.29) is 5.91 Å². The van der Waals surface area contributed by atoms with Crippen LogP contribution in [0.25, 0.3) is 0 Å². The van der Waals surface area contributed by atoms with Crippen molar-refractivity contribution < 1.29 is 14.7 Å². The lowest BCUT2D eigenvalue weighted by atomic mass is 10.1. The third-order valence-electron chi connectivity index (χ3n) is 3.15. The Balaban J connectivity index is 2.25. The maximum atomic E-state index is 11.4. The van der Waals surface area contributed by atoms with Gasteiger partial charge in [-0.25, -0.2) is 0 Å². The van der Waals surface area contributed by atoms with Crippen LogP contribution in [0.4, 0.5) is 0 Å². The normalized spacial score (nSPS) is 23.0. The third kappa shape index (κ3) is 3.48. The number of nitrogens with zero attached hydrogens (tertiary/aromatic N) is 1. The summed E-state index contributed by atoms with van der Waals surface area (Å²) in [6.07, 6.45) is 1.08. The smallest absolute Gasteiger partial charge is 0.315 e. The molecule has 1 aliphatic heterocycles. The molecule has 1 rings (SSSR count). The van der Waals surface area contributed by atoms with Crippen LogP contribution in [0, 0.1) is 11.8 Å². The standard InChI is InChI=1S/C11H20N2O3/c1-3-13-5-4-9(7-13)6-12-10(14)8(2)11(15)16/h8-9H,3-7H2,1-2H3,(H,12,14)(H,15,16). The Morgan fingerprint density at radius 1 is 1.56 bits per heavy atom. The van der Waals surface area contributed by atoms with Gasteiger partial charge in [0.2, 0.25) is 5.91 Å². The highest BCUT2D eigenvalue weighted by Gasteiger charge is 2.24. The van der Waals surface area contributed by atoms with Crippen molar-refractivity contribution in [1.29, 1.82) is 0 Å². The zero-order chi connectivity index (χ0) is 12.1. The summed E-state index contributed by atoms with van der Waals surface area (Å²) in [5, 5.41) is 11.4. The predicted molar refractivity (Wildman–Crippen MR) is 60.0 cm³/mol. The van der Waals surface area contributed by atoms with Gasteiger partial charge in [-0.05, 0) is 32.4 Å². The molecule has 0 spiro atoms. The average Bonchev–Trinajstić information content (AvgIpc) is 2.72. The number of carbonyl (C=O) groups excluding carboxylic acids is 1. The van der Waals surface area contributed by atoms with Crippen molar-refractivity contribution >= 4 is 11.9 Å². The number of likely N-dealkylation sites (tertiary alicyclic amines) is 1. The van der Waals surface area contributed by atoms with E-state index in [1.165, 1.54) is 6.92 Å². The Morgan fingerprint density at radius 3 is 2.75 bits per heavy atom. The summed E-state index contributed by atoms with van der Waals surface area (Å²) in [4.78, 5) is 24.3. The minimum absolute atomic E-state index is 0.387.